The summed E-state index contributed by atoms with van der Waals surface area (Å²) in [7, 11) is 0. The van der Waals surface area contributed by atoms with Gasteiger partial charge in [-0.05, 0) is 54.0 Å². The lowest BCUT2D eigenvalue weighted by Crippen LogP contribution is -2.58. The second-order valence-corrected chi connectivity index (χ2v) is 11.0. The Balaban J connectivity index is 1.45. The van der Waals surface area contributed by atoms with Crippen molar-refractivity contribution in [3.8, 4) is 0 Å². The van der Waals surface area contributed by atoms with Crippen LogP contribution in [0, 0.1) is 0 Å². The first-order valence-electron chi connectivity index (χ1n) is 11.9. The molecular formula is C26H27Cl3N2O5. The zero-order chi connectivity index (χ0) is 25.6. The van der Waals surface area contributed by atoms with Crippen molar-refractivity contribution in [3.63, 3.8) is 0 Å². The van der Waals surface area contributed by atoms with E-state index in [0.29, 0.717) is 22.9 Å². The van der Waals surface area contributed by atoms with Crippen LogP contribution in [0.4, 0.5) is 0 Å². The number of carbonyl (C=O) groups excluding carboxylic acids is 1. The third-order valence-corrected chi connectivity index (χ3v) is 7.66. The van der Waals surface area contributed by atoms with Gasteiger partial charge in [0.2, 0.25) is 0 Å². The number of amides is 1. The van der Waals surface area contributed by atoms with Crippen molar-refractivity contribution in [2.75, 3.05) is 6.54 Å². The molecule has 36 heavy (non-hydrogen) atoms. The maximum absolute atomic E-state index is 11.8. The van der Waals surface area contributed by atoms with Crippen LogP contribution in [-0.4, -0.2) is 61.6 Å². The molecule has 2 fully saturated rings. The Kier molecular flexibility index (Phi) is 7.52. The van der Waals surface area contributed by atoms with E-state index in [1.807, 2.05) is 12.3 Å². The molecular weight excluding hydrogens is 527 g/mol. The SMILES string of the molecule is O=C(NC[C@H]1O[C@@H](n2cc(Cc3ccc(C4CC4)cc3)c3c(Cl)cccc32)[C@H](O)[C@@H](O)[C@@H]1O)C(Cl)Cl. The van der Waals surface area contributed by atoms with E-state index in [1.54, 1.807) is 16.7 Å². The first-order chi connectivity index (χ1) is 17.2. The molecule has 1 amide bonds. The highest BCUT2D eigenvalue weighted by Gasteiger charge is 2.45. The van der Waals surface area contributed by atoms with Crippen molar-refractivity contribution in [1.82, 2.24) is 9.88 Å². The molecule has 3 aromatic rings. The number of benzene rings is 2. The summed E-state index contributed by atoms with van der Waals surface area (Å²) in [6.07, 6.45) is -1.48. The predicted octanol–water partition coefficient (Wildman–Crippen LogP) is 3.66. The Morgan fingerprint density at radius 2 is 1.78 bits per heavy atom. The van der Waals surface area contributed by atoms with Crippen LogP contribution < -0.4 is 5.32 Å². The fraction of sp³-hybridized carbons (Fsp3) is 0.423. The van der Waals surface area contributed by atoms with Crippen molar-refractivity contribution in [2.45, 2.75) is 60.7 Å². The molecule has 7 nitrogen and oxygen atoms in total. The summed E-state index contributed by atoms with van der Waals surface area (Å²) in [5, 5.41) is 35.7. The van der Waals surface area contributed by atoms with Crippen molar-refractivity contribution in [3.05, 3.63) is 70.4 Å². The second kappa shape index (κ2) is 10.5. The number of halogens is 3. The Morgan fingerprint density at radius 3 is 2.44 bits per heavy atom. The molecule has 0 unspecified atom stereocenters. The number of aromatic nitrogens is 1. The predicted molar refractivity (Wildman–Crippen MR) is 139 cm³/mol. The van der Waals surface area contributed by atoms with Crippen LogP contribution in [0.15, 0.2) is 48.7 Å². The normalized spacial score (nSPS) is 26.5. The fourth-order valence-corrected chi connectivity index (χ4v) is 5.29. The summed E-state index contributed by atoms with van der Waals surface area (Å²) in [6, 6.07) is 14.1. The van der Waals surface area contributed by atoms with Gasteiger partial charge < -0.3 is 29.9 Å². The van der Waals surface area contributed by atoms with E-state index < -0.39 is 41.4 Å². The van der Waals surface area contributed by atoms with Crippen LogP contribution >= 0.6 is 34.8 Å². The molecule has 2 heterocycles. The van der Waals surface area contributed by atoms with Crippen LogP contribution in [0.1, 0.15) is 41.7 Å². The molecule has 2 aliphatic rings. The molecule has 0 radical (unpaired) electrons. The number of rotatable bonds is 7. The maximum Gasteiger partial charge on any atom is 0.253 e. The largest absolute Gasteiger partial charge is 0.388 e. The number of hydrogen-bond donors (Lipinski definition) is 4. The first kappa shape index (κ1) is 25.8. The molecule has 5 atom stereocenters. The Bertz CT molecular complexity index is 1240. The molecule has 4 N–H and O–H groups in total. The first-order valence-corrected chi connectivity index (χ1v) is 13.1. The average Bonchev–Trinajstić information content (AvgIpc) is 3.65. The van der Waals surface area contributed by atoms with Gasteiger partial charge in [0, 0.05) is 18.1 Å². The van der Waals surface area contributed by atoms with Crippen LogP contribution in [0.25, 0.3) is 10.9 Å². The minimum absolute atomic E-state index is 0.156. The van der Waals surface area contributed by atoms with Crippen molar-refractivity contribution in [2.24, 2.45) is 0 Å². The van der Waals surface area contributed by atoms with Gasteiger partial charge >= 0.3 is 0 Å². The van der Waals surface area contributed by atoms with Crippen LogP contribution in [0.3, 0.4) is 0 Å². The van der Waals surface area contributed by atoms with Gasteiger partial charge in [0.05, 0.1) is 10.5 Å². The average molecular weight is 554 g/mol. The standard InChI is InChI=1S/C26H27Cl3N2O5/c27-17-2-1-3-18-20(17)16(10-13-4-6-14(7-5-13)15-8-9-15)12-31(18)26-23(34)22(33)21(32)19(36-26)11-30-25(35)24(28)29/h1-7,12,15,19,21-24,26,32-34H,8-11H2,(H,30,35)/t19-,21-,22+,23-,26-/m1/s1. The molecule has 0 bridgehead atoms. The van der Waals surface area contributed by atoms with Crippen molar-refractivity contribution >= 4 is 51.6 Å². The smallest absolute Gasteiger partial charge is 0.253 e. The third-order valence-electron chi connectivity index (χ3n) is 6.95. The topological polar surface area (TPSA) is 104 Å². The summed E-state index contributed by atoms with van der Waals surface area (Å²) in [4.78, 5) is 10.5. The summed E-state index contributed by atoms with van der Waals surface area (Å²) >= 11 is 17.8. The van der Waals surface area contributed by atoms with Crippen molar-refractivity contribution in [1.29, 1.82) is 0 Å². The minimum Gasteiger partial charge on any atom is -0.388 e. The number of nitrogens with one attached hydrogen (secondary N) is 1. The Morgan fingerprint density at radius 1 is 1.06 bits per heavy atom. The number of aliphatic hydroxyl groups is 3. The van der Waals surface area contributed by atoms with E-state index in [0.717, 1.165) is 16.5 Å². The lowest BCUT2D eigenvalue weighted by molar-refractivity contribution is -0.242. The summed E-state index contributed by atoms with van der Waals surface area (Å²) in [5.41, 5.74) is 4.13. The summed E-state index contributed by atoms with van der Waals surface area (Å²) in [6.45, 7) is -0.156. The molecule has 1 saturated heterocycles. The zero-order valence-electron chi connectivity index (χ0n) is 19.2. The summed E-state index contributed by atoms with van der Waals surface area (Å²) in [5.74, 6) is 0.0269. The zero-order valence-corrected chi connectivity index (χ0v) is 21.5. The van der Waals surface area contributed by atoms with E-state index in [2.05, 4.69) is 29.6 Å². The summed E-state index contributed by atoms with van der Waals surface area (Å²) < 4.78 is 7.73. The molecule has 2 aromatic carbocycles. The molecule has 5 rings (SSSR count). The number of alkyl halides is 2. The number of hydrogen-bond acceptors (Lipinski definition) is 5. The Hall–Kier alpha value is -1.84. The molecule has 10 heteroatoms. The highest BCUT2D eigenvalue weighted by molar-refractivity contribution is 6.53. The molecule has 0 spiro atoms. The van der Waals surface area contributed by atoms with E-state index in [-0.39, 0.29) is 6.54 Å². The van der Waals surface area contributed by atoms with Gasteiger partial charge in [-0.2, -0.15) is 0 Å². The van der Waals surface area contributed by atoms with Gasteiger partial charge in [0.1, 0.15) is 24.4 Å². The van der Waals surface area contributed by atoms with Gasteiger partial charge in [0.25, 0.3) is 5.91 Å². The molecule has 1 aromatic heterocycles. The number of fused-ring (bicyclic) bond motifs is 1. The van der Waals surface area contributed by atoms with E-state index in [9.17, 15) is 20.1 Å². The van der Waals surface area contributed by atoms with Gasteiger partial charge in [-0.3, -0.25) is 4.79 Å². The second-order valence-electron chi connectivity index (χ2n) is 9.47. The molecule has 192 valence electrons. The third kappa shape index (κ3) is 5.11. The van der Waals surface area contributed by atoms with Gasteiger partial charge in [-0.25, -0.2) is 0 Å². The van der Waals surface area contributed by atoms with E-state index >= 15 is 0 Å². The lowest BCUT2D eigenvalue weighted by atomic mass is 9.97. The van der Waals surface area contributed by atoms with Crippen LogP contribution in [0.2, 0.25) is 5.02 Å². The van der Waals surface area contributed by atoms with Gasteiger partial charge in [0.15, 0.2) is 11.1 Å². The Labute approximate surface area is 223 Å². The van der Waals surface area contributed by atoms with E-state index in [4.69, 9.17) is 39.5 Å². The maximum atomic E-state index is 11.8. The number of ether oxygens (including phenoxy) is 1. The lowest BCUT2D eigenvalue weighted by Gasteiger charge is -2.41. The molecule has 1 saturated carbocycles. The highest BCUT2D eigenvalue weighted by Crippen LogP contribution is 2.40. The van der Waals surface area contributed by atoms with Crippen molar-refractivity contribution < 1.29 is 24.9 Å². The number of nitrogens with zero attached hydrogens (tertiary/aromatic N) is 1. The van der Waals surface area contributed by atoms with E-state index in [1.165, 1.54) is 18.4 Å². The highest BCUT2D eigenvalue weighted by atomic mass is 35.5. The molecule has 1 aliphatic heterocycles. The number of aliphatic hydroxyl groups excluding tert-OH is 3. The van der Waals surface area contributed by atoms with Gasteiger partial charge in [-0.1, -0.05) is 65.1 Å². The fourth-order valence-electron chi connectivity index (χ4n) is 4.84. The van der Waals surface area contributed by atoms with Crippen LogP contribution in [0.5, 0.6) is 0 Å². The molecule has 1 aliphatic carbocycles. The van der Waals surface area contributed by atoms with Gasteiger partial charge in [-0.15, -0.1) is 0 Å². The number of carbonyl (C=O) groups is 1. The quantitative estimate of drug-likeness (QED) is 0.334. The monoisotopic (exact) mass is 552 g/mol. The minimum atomic E-state index is -1.51. The van der Waals surface area contributed by atoms with Crippen LogP contribution in [-0.2, 0) is 16.0 Å².